The lowest BCUT2D eigenvalue weighted by molar-refractivity contribution is -0.134. The molecule has 1 fully saturated rings. The number of methoxy groups -OCH3 is 1. The van der Waals surface area contributed by atoms with E-state index in [1.54, 1.807) is 0 Å². The van der Waals surface area contributed by atoms with Gasteiger partial charge >= 0.3 is 0 Å². The number of hydrogen-bond acceptors (Lipinski definition) is 3. The van der Waals surface area contributed by atoms with Crippen LogP contribution < -0.4 is 10.6 Å². The van der Waals surface area contributed by atoms with Crippen molar-refractivity contribution in [3.8, 4) is 0 Å². The number of rotatable bonds is 7. The van der Waals surface area contributed by atoms with E-state index in [0.717, 1.165) is 12.8 Å². The van der Waals surface area contributed by atoms with Gasteiger partial charge in [0.15, 0.2) is 0 Å². The predicted molar refractivity (Wildman–Crippen MR) is 82.8 cm³/mol. The molecule has 5 nitrogen and oxygen atoms in total. The van der Waals surface area contributed by atoms with Crippen LogP contribution in [0, 0.1) is 5.41 Å². The molecular weight excluding hydrogens is 268 g/mol. The molecule has 0 saturated carbocycles. The highest BCUT2D eigenvalue weighted by atomic mass is 16.5. The van der Waals surface area contributed by atoms with Crippen molar-refractivity contribution in [3.63, 3.8) is 0 Å². The molecule has 0 aromatic rings. The molecule has 0 aliphatic carbocycles. The quantitative estimate of drug-likeness (QED) is 0.556. The van der Waals surface area contributed by atoms with Gasteiger partial charge in [-0.2, -0.15) is 0 Å². The molecule has 1 saturated heterocycles. The van der Waals surface area contributed by atoms with Gasteiger partial charge in [0, 0.05) is 13.7 Å². The van der Waals surface area contributed by atoms with Gasteiger partial charge in [0.2, 0.25) is 11.8 Å². The SMILES string of the molecule is COC(CCC/C=C/C(C)(C)C)C(=O)NC1CCNC1=O. The maximum atomic E-state index is 12.1. The first-order chi connectivity index (χ1) is 9.83. The third-order valence-corrected chi connectivity index (χ3v) is 3.40. The summed E-state index contributed by atoms with van der Waals surface area (Å²) in [5.74, 6) is -0.300. The Morgan fingerprint density at radius 2 is 2.24 bits per heavy atom. The first-order valence-electron chi connectivity index (χ1n) is 7.62. The highest BCUT2D eigenvalue weighted by Crippen LogP contribution is 2.16. The van der Waals surface area contributed by atoms with Crippen LogP contribution >= 0.6 is 0 Å². The lowest BCUT2D eigenvalue weighted by atomic mass is 9.95. The predicted octanol–water partition coefficient (Wildman–Crippen LogP) is 1.78. The van der Waals surface area contributed by atoms with Gasteiger partial charge in [0.25, 0.3) is 0 Å². The van der Waals surface area contributed by atoms with Crippen LogP contribution in [-0.2, 0) is 14.3 Å². The van der Waals surface area contributed by atoms with E-state index in [9.17, 15) is 9.59 Å². The van der Waals surface area contributed by atoms with Crippen molar-refractivity contribution >= 4 is 11.8 Å². The van der Waals surface area contributed by atoms with E-state index in [-0.39, 0.29) is 17.2 Å². The Hall–Kier alpha value is -1.36. The summed E-state index contributed by atoms with van der Waals surface area (Å²) in [6, 6.07) is -0.407. The van der Waals surface area contributed by atoms with Crippen LogP contribution in [0.15, 0.2) is 12.2 Å². The van der Waals surface area contributed by atoms with Crippen LogP contribution in [0.25, 0.3) is 0 Å². The summed E-state index contributed by atoms with van der Waals surface area (Å²) in [4.78, 5) is 23.5. The third-order valence-electron chi connectivity index (χ3n) is 3.40. The van der Waals surface area contributed by atoms with Gasteiger partial charge in [-0.15, -0.1) is 0 Å². The summed E-state index contributed by atoms with van der Waals surface area (Å²) in [6.07, 6.45) is 6.96. The number of hydrogen-bond donors (Lipinski definition) is 2. The lowest BCUT2D eigenvalue weighted by Gasteiger charge is -2.17. The fraction of sp³-hybridized carbons (Fsp3) is 0.750. The molecule has 1 rings (SSSR count). The topological polar surface area (TPSA) is 67.4 Å². The number of carbonyl (C=O) groups excluding carboxylic acids is 2. The monoisotopic (exact) mass is 296 g/mol. The Balaban J connectivity index is 2.31. The smallest absolute Gasteiger partial charge is 0.249 e. The van der Waals surface area contributed by atoms with Gasteiger partial charge in [-0.3, -0.25) is 9.59 Å². The molecule has 0 aromatic carbocycles. The molecule has 21 heavy (non-hydrogen) atoms. The minimum atomic E-state index is -0.485. The van der Waals surface area contributed by atoms with E-state index in [4.69, 9.17) is 4.74 Å². The van der Waals surface area contributed by atoms with Gasteiger partial charge in [-0.1, -0.05) is 32.9 Å². The molecule has 1 aliphatic rings. The second kappa shape index (κ2) is 8.17. The van der Waals surface area contributed by atoms with Crippen LogP contribution in [0.4, 0.5) is 0 Å². The lowest BCUT2D eigenvalue weighted by Crippen LogP contribution is -2.45. The average molecular weight is 296 g/mol. The van der Waals surface area contributed by atoms with Crippen molar-refractivity contribution in [3.05, 3.63) is 12.2 Å². The molecular formula is C16H28N2O3. The molecule has 2 amide bonds. The van der Waals surface area contributed by atoms with Crippen molar-refractivity contribution < 1.29 is 14.3 Å². The molecule has 120 valence electrons. The molecule has 1 heterocycles. The van der Waals surface area contributed by atoms with E-state index in [2.05, 4.69) is 43.6 Å². The van der Waals surface area contributed by atoms with Crippen LogP contribution in [-0.4, -0.2) is 37.6 Å². The molecule has 2 unspecified atom stereocenters. The minimum Gasteiger partial charge on any atom is -0.372 e. The van der Waals surface area contributed by atoms with E-state index in [0.29, 0.717) is 19.4 Å². The Morgan fingerprint density at radius 1 is 1.52 bits per heavy atom. The molecule has 5 heteroatoms. The van der Waals surface area contributed by atoms with Gasteiger partial charge in [-0.25, -0.2) is 0 Å². The van der Waals surface area contributed by atoms with E-state index >= 15 is 0 Å². The second-order valence-electron chi connectivity index (χ2n) is 6.56. The first kappa shape index (κ1) is 17.7. The third kappa shape index (κ3) is 6.76. The molecule has 0 radical (unpaired) electrons. The first-order valence-corrected chi connectivity index (χ1v) is 7.62. The number of carbonyl (C=O) groups is 2. The zero-order valence-electron chi connectivity index (χ0n) is 13.6. The number of unbranched alkanes of at least 4 members (excludes halogenated alkanes) is 1. The van der Waals surface area contributed by atoms with E-state index in [1.165, 1.54) is 7.11 Å². The summed E-state index contributed by atoms with van der Waals surface area (Å²) >= 11 is 0. The molecule has 0 bridgehead atoms. The highest BCUT2D eigenvalue weighted by molar-refractivity contribution is 5.90. The van der Waals surface area contributed by atoms with Gasteiger partial charge in [0.05, 0.1) is 0 Å². The Bertz CT molecular complexity index is 385. The molecule has 2 N–H and O–H groups in total. The average Bonchev–Trinajstić information content (AvgIpc) is 2.78. The summed E-state index contributed by atoms with van der Waals surface area (Å²) in [5, 5.41) is 5.45. The highest BCUT2D eigenvalue weighted by Gasteiger charge is 2.28. The molecule has 0 aromatic heterocycles. The van der Waals surface area contributed by atoms with Crippen molar-refractivity contribution in [1.29, 1.82) is 0 Å². The van der Waals surface area contributed by atoms with E-state index < -0.39 is 12.1 Å². The largest absolute Gasteiger partial charge is 0.372 e. The summed E-state index contributed by atoms with van der Waals surface area (Å²) < 4.78 is 5.24. The zero-order chi connectivity index (χ0) is 15.9. The summed E-state index contributed by atoms with van der Waals surface area (Å²) in [5.41, 5.74) is 0.188. The Kier molecular flexibility index (Phi) is 6.89. The molecule has 2 atom stereocenters. The van der Waals surface area contributed by atoms with Gasteiger partial charge in [-0.05, 0) is 31.1 Å². The summed E-state index contributed by atoms with van der Waals surface area (Å²) in [6.45, 7) is 7.09. The fourth-order valence-electron chi connectivity index (χ4n) is 2.21. The number of ether oxygens (including phenoxy) is 1. The zero-order valence-corrected chi connectivity index (χ0v) is 13.6. The maximum Gasteiger partial charge on any atom is 0.249 e. The standard InChI is InChI=1S/C16H28N2O3/c1-16(2,3)10-7-5-6-8-13(21-4)15(20)18-12-9-11-17-14(12)19/h7,10,12-13H,5-6,8-9,11H2,1-4H3,(H,17,19)(H,18,20)/b10-7+. The molecule has 0 spiro atoms. The van der Waals surface area contributed by atoms with Crippen molar-refractivity contribution in [1.82, 2.24) is 10.6 Å². The van der Waals surface area contributed by atoms with Crippen molar-refractivity contribution in [2.45, 2.75) is 58.6 Å². The normalized spacial score (nSPS) is 20.6. The minimum absolute atomic E-state index is 0.105. The Morgan fingerprint density at radius 3 is 2.76 bits per heavy atom. The summed E-state index contributed by atoms with van der Waals surface area (Å²) in [7, 11) is 1.53. The number of allylic oxidation sites excluding steroid dienone is 2. The van der Waals surface area contributed by atoms with Crippen molar-refractivity contribution in [2.24, 2.45) is 5.41 Å². The Labute approximate surface area is 127 Å². The van der Waals surface area contributed by atoms with Gasteiger partial charge in [0.1, 0.15) is 12.1 Å². The maximum absolute atomic E-state index is 12.1. The van der Waals surface area contributed by atoms with Crippen LogP contribution in [0.5, 0.6) is 0 Å². The van der Waals surface area contributed by atoms with E-state index in [1.807, 2.05) is 0 Å². The van der Waals surface area contributed by atoms with Gasteiger partial charge < -0.3 is 15.4 Å². The van der Waals surface area contributed by atoms with Crippen LogP contribution in [0.1, 0.15) is 46.5 Å². The van der Waals surface area contributed by atoms with Crippen LogP contribution in [0.3, 0.4) is 0 Å². The second-order valence-corrected chi connectivity index (χ2v) is 6.56. The fourth-order valence-corrected chi connectivity index (χ4v) is 2.21. The number of nitrogens with one attached hydrogen (secondary N) is 2. The number of amides is 2. The van der Waals surface area contributed by atoms with Crippen molar-refractivity contribution in [2.75, 3.05) is 13.7 Å². The van der Waals surface area contributed by atoms with Crippen LogP contribution in [0.2, 0.25) is 0 Å². The molecule has 1 aliphatic heterocycles.